The summed E-state index contributed by atoms with van der Waals surface area (Å²) in [6, 6.07) is 0. The van der Waals surface area contributed by atoms with Gasteiger partial charge in [0.05, 0.1) is 31.7 Å². The Bertz CT molecular complexity index is 311. The van der Waals surface area contributed by atoms with Gasteiger partial charge >= 0.3 is 0 Å². The van der Waals surface area contributed by atoms with E-state index in [4.69, 9.17) is 9.47 Å². The number of rotatable bonds is 10. The summed E-state index contributed by atoms with van der Waals surface area (Å²) in [6.07, 6.45) is 0.0455. The zero-order valence-electron chi connectivity index (χ0n) is 10.9. The van der Waals surface area contributed by atoms with Crippen LogP contribution in [0.4, 0.5) is 0 Å². The minimum absolute atomic E-state index is 0.0222. The summed E-state index contributed by atoms with van der Waals surface area (Å²) >= 11 is 0. The van der Waals surface area contributed by atoms with Crippen molar-refractivity contribution in [3.8, 4) is 0 Å². The van der Waals surface area contributed by atoms with Crippen LogP contribution in [0.2, 0.25) is 0 Å². The summed E-state index contributed by atoms with van der Waals surface area (Å²) in [7, 11) is -3.26. The van der Waals surface area contributed by atoms with Gasteiger partial charge in [0.15, 0.2) is 0 Å². The SMILES string of the molecule is C=C(C)COCCNS(=O)(=O)CCOC(C)C. The molecule has 0 spiro atoms. The van der Waals surface area contributed by atoms with E-state index in [0.29, 0.717) is 13.2 Å². The first-order chi connectivity index (χ1) is 7.83. The molecule has 0 aromatic heterocycles. The van der Waals surface area contributed by atoms with Gasteiger partial charge in [-0.25, -0.2) is 13.1 Å². The molecule has 0 aliphatic carbocycles. The van der Waals surface area contributed by atoms with Gasteiger partial charge in [0.2, 0.25) is 10.0 Å². The summed E-state index contributed by atoms with van der Waals surface area (Å²) in [4.78, 5) is 0. The zero-order chi connectivity index (χ0) is 13.3. The van der Waals surface area contributed by atoms with Crippen LogP contribution in [0, 0.1) is 0 Å². The molecule has 0 rings (SSSR count). The van der Waals surface area contributed by atoms with E-state index in [-0.39, 0.29) is 25.0 Å². The molecule has 1 N–H and O–H groups in total. The van der Waals surface area contributed by atoms with Crippen LogP contribution >= 0.6 is 0 Å². The van der Waals surface area contributed by atoms with E-state index in [1.165, 1.54) is 0 Å². The van der Waals surface area contributed by atoms with Crippen LogP contribution in [-0.4, -0.2) is 46.6 Å². The Balaban J connectivity index is 3.61. The van der Waals surface area contributed by atoms with Gasteiger partial charge in [-0.3, -0.25) is 0 Å². The van der Waals surface area contributed by atoms with Crippen LogP contribution in [-0.2, 0) is 19.5 Å². The lowest BCUT2D eigenvalue weighted by molar-refractivity contribution is 0.0911. The molecule has 0 radical (unpaired) electrons. The first kappa shape index (κ1) is 16.6. The summed E-state index contributed by atoms with van der Waals surface area (Å²) in [5.41, 5.74) is 0.915. The Morgan fingerprint density at radius 3 is 2.53 bits per heavy atom. The Morgan fingerprint density at radius 2 is 2.00 bits per heavy atom. The van der Waals surface area contributed by atoms with Crippen LogP contribution in [0.1, 0.15) is 20.8 Å². The highest BCUT2D eigenvalue weighted by atomic mass is 32.2. The first-order valence-electron chi connectivity index (χ1n) is 5.64. The van der Waals surface area contributed by atoms with Crippen LogP contribution in [0.25, 0.3) is 0 Å². The third kappa shape index (κ3) is 11.8. The molecule has 0 aliphatic heterocycles. The van der Waals surface area contributed by atoms with Gasteiger partial charge in [-0.05, 0) is 20.8 Å². The number of hydrogen-bond donors (Lipinski definition) is 1. The van der Waals surface area contributed by atoms with Gasteiger partial charge in [-0.2, -0.15) is 0 Å². The second kappa shape index (κ2) is 8.63. The molecule has 0 aromatic carbocycles. The second-order valence-corrected chi connectivity index (χ2v) is 6.07. The van der Waals surface area contributed by atoms with E-state index in [1.807, 2.05) is 20.8 Å². The first-order valence-corrected chi connectivity index (χ1v) is 7.30. The molecule has 0 amide bonds. The maximum Gasteiger partial charge on any atom is 0.213 e. The van der Waals surface area contributed by atoms with Crippen molar-refractivity contribution in [1.29, 1.82) is 0 Å². The molecule has 17 heavy (non-hydrogen) atoms. The topological polar surface area (TPSA) is 64.6 Å². The molecular formula is C11H23NO4S. The summed E-state index contributed by atoms with van der Waals surface area (Å²) in [5.74, 6) is -0.0222. The molecule has 0 aliphatic rings. The monoisotopic (exact) mass is 265 g/mol. The average molecular weight is 265 g/mol. The minimum atomic E-state index is -3.26. The molecular weight excluding hydrogens is 242 g/mol. The molecule has 0 saturated heterocycles. The molecule has 0 unspecified atom stereocenters. The van der Waals surface area contributed by atoms with Crippen molar-refractivity contribution in [3.63, 3.8) is 0 Å². The Kier molecular flexibility index (Phi) is 8.41. The van der Waals surface area contributed by atoms with E-state index in [1.54, 1.807) is 0 Å². The molecule has 102 valence electrons. The van der Waals surface area contributed by atoms with E-state index >= 15 is 0 Å². The predicted octanol–water partition coefficient (Wildman–Crippen LogP) is 0.924. The van der Waals surface area contributed by atoms with Crippen molar-refractivity contribution < 1.29 is 17.9 Å². The van der Waals surface area contributed by atoms with Crippen LogP contribution in [0.15, 0.2) is 12.2 Å². The fourth-order valence-electron chi connectivity index (χ4n) is 0.981. The molecule has 0 saturated carbocycles. The van der Waals surface area contributed by atoms with Crippen molar-refractivity contribution in [2.24, 2.45) is 0 Å². The number of hydrogen-bond acceptors (Lipinski definition) is 4. The van der Waals surface area contributed by atoms with Crippen molar-refractivity contribution in [2.45, 2.75) is 26.9 Å². The lowest BCUT2D eigenvalue weighted by atomic mass is 10.4. The van der Waals surface area contributed by atoms with Crippen LogP contribution in [0.5, 0.6) is 0 Å². The molecule has 0 bridgehead atoms. The minimum Gasteiger partial charge on any atom is -0.378 e. The second-order valence-electron chi connectivity index (χ2n) is 4.14. The maximum atomic E-state index is 11.4. The quantitative estimate of drug-likeness (QED) is 0.471. The molecule has 6 heteroatoms. The fraction of sp³-hybridized carbons (Fsp3) is 0.818. The summed E-state index contributed by atoms with van der Waals surface area (Å²) < 4.78 is 35.7. The van der Waals surface area contributed by atoms with Crippen molar-refractivity contribution in [1.82, 2.24) is 4.72 Å². The van der Waals surface area contributed by atoms with E-state index in [9.17, 15) is 8.42 Å². The molecule has 0 heterocycles. The van der Waals surface area contributed by atoms with Gasteiger partial charge in [-0.1, -0.05) is 12.2 Å². The van der Waals surface area contributed by atoms with Gasteiger partial charge in [0, 0.05) is 6.54 Å². The fourth-order valence-corrected chi connectivity index (χ4v) is 1.84. The molecule has 0 atom stereocenters. The van der Waals surface area contributed by atoms with Crippen molar-refractivity contribution in [3.05, 3.63) is 12.2 Å². The molecule has 0 aromatic rings. The largest absolute Gasteiger partial charge is 0.378 e. The molecule has 0 fully saturated rings. The number of sulfonamides is 1. The van der Waals surface area contributed by atoms with Crippen LogP contribution < -0.4 is 4.72 Å². The normalized spacial score (nSPS) is 12.0. The molecule has 5 nitrogen and oxygen atoms in total. The number of ether oxygens (including phenoxy) is 2. The van der Waals surface area contributed by atoms with E-state index < -0.39 is 10.0 Å². The van der Waals surface area contributed by atoms with Gasteiger partial charge < -0.3 is 9.47 Å². The predicted molar refractivity (Wildman–Crippen MR) is 68.5 cm³/mol. The third-order valence-corrected chi connectivity index (χ3v) is 3.07. The van der Waals surface area contributed by atoms with Gasteiger partial charge in [-0.15, -0.1) is 0 Å². The van der Waals surface area contributed by atoms with Gasteiger partial charge in [0.25, 0.3) is 0 Å². The zero-order valence-corrected chi connectivity index (χ0v) is 11.7. The highest BCUT2D eigenvalue weighted by Gasteiger charge is 2.09. The Labute approximate surface area is 104 Å². The summed E-state index contributed by atoms with van der Waals surface area (Å²) in [6.45, 7) is 10.6. The van der Waals surface area contributed by atoms with E-state index in [2.05, 4.69) is 11.3 Å². The highest BCUT2D eigenvalue weighted by molar-refractivity contribution is 7.89. The lowest BCUT2D eigenvalue weighted by Gasteiger charge is -2.09. The average Bonchev–Trinajstić information content (AvgIpc) is 2.15. The Morgan fingerprint density at radius 1 is 1.35 bits per heavy atom. The summed E-state index contributed by atoms with van der Waals surface area (Å²) in [5, 5.41) is 0. The van der Waals surface area contributed by atoms with Crippen molar-refractivity contribution >= 4 is 10.0 Å². The standard InChI is InChI=1S/C11H23NO4S/c1-10(2)9-15-6-5-12-17(13,14)8-7-16-11(3)4/h11-12H,1,5-9H2,2-4H3. The number of nitrogens with one attached hydrogen (secondary N) is 1. The smallest absolute Gasteiger partial charge is 0.213 e. The van der Waals surface area contributed by atoms with Crippen molar-refractivity contribution in [2.75, 3.05) is 32.1 Å². The van der Waals surface area contributed by atoms with E-state index in [0.717, 1.165) is 5.57 Å². The Hall–Kier alpha value is -0.430. The third-order valence-electron chi connectivity index (χ3n) is 1.72. The maximum absolute atomic E-state index is 11.4. The van der Waals surface area contributed by atoms with Crippen LogP contribution in [0.3, 0.4) is 0 Å². The van der Waals surface area contributed by atoms with Gasteiger partial charge in [0.1, 0.15) is 0 Å². The highest BCUT2D eigenvalue weighted by Crippen LogP contribution is 1.91. The lowest BCUT2D eigenvalue weighted by Crippen LogP contribution is -2.31.